The van der Waals surface area contributed by atoms with Crippen molar-refractivity contribution in [3.8, 4) is 0 Å². The van der Waals surface area contributed by atoms with Crippen LogP contribution in [0.3, 0.4) is 0 Å². The lowest BCUT2D eigenvalue weighted by Crippen LogP contribution is -2.38. The van der Waals surface area contributed by atoms with Gasteiger partial charge in [-0.25, -0.2) is 0 Å². The lowest BCUT2D eigenvalue weighted by molar-refractivity contribution is 0.0690. The summed E-state index contributed by atoms with van der Waals surface area (Å²) in [4.78, 5) is 4.68. The molecule has 2 N–H and O–H groups in total. The molecule has 6 heteroatoms. The van der Waals surface area contributed by atoms with Crippen molar-refractivity contribution >= 4 is 29.9 Å². The molecule has 0 spiro atoms. The monoisotopic (exact) mass is 505 g/mol. The minimum Gasteiger partial charge on any atom is -0.382 e. The average molecular weight is 505 g/mol. The summed E-state index contributed by atoms with van der Waals surface area (Å²) < 4.78 is 10.4. The molecule has 162 valence electrons. The van der Waals surface area contributed by atoms with Gasteiger partial charge in [-0.2, -0.15) is 0 Å². The predicted molar refractivity (Wildman–Crippen MR) is 130 cm³/mol. The Bertz CT molecular complexity index is 521. The van der Waals surface area contributed by atoms with Crippen molar-refractivity contribution in [2.45, 2.75) is 53.0 Å². The van der Waals surface area contributed by atoms with E-state index in [4.69, 9.17) is 9.47 Å². The van der Waals surface area contributed by atoms with Crippen LogP contribution in [0.4, 0.5) is 0 Å². The van der Waals surface area contributed by atoms with Crippen LogP contribution in [0.5, 0.6) is 0 Å². The average Bonchev–Trinajstić information content (AvgIpc) is 2.64. The summed E-state index contributed by atoms with van der Waals surface area (Å²) in [7, 11) is 1.69. The summed E-state index contributed by atoms with van der Waals surface area (Å²) in [5.41, 5.74) is 2.67. The molecule has 0 aromatic heterocycles. The third-order valence-electron chi connectivity index (χ3n) is 4.22. The zero-order valence-electron chi connectivity index (χ0n) is 18.3. The van der Waals surface area contributed by atoms with Gasteiger partial charge in [-0.1, -0.05) is 38.1 Å². The van der Waals surface area contributed by atoms with Crippen molar-refractivity contribution in [1.82, 2.24) is 10.6 Å². The maximum absolute atomic E-state index is 5.48. The molecule has 5 nitrogen and oxygen atoms in total. The van der Waals surface area contributed by atoms with Crippen LogP contribution in [0.25, 0.3) is 0 Å². The molecule has 0 aliphatic rings. The fourth-order valence-electron chi connectivity index (χ4n) is 2.77. The Kier molecular flexibility index (Phi) is 16.5. The van der Waals surface area contributed by atoms with Crippen molar-refractivity contribution in [2.24, 2.45) is 10.9 Å². The Balaban J connectivity index is 0.00000729. The van der Waals surface area contributed by atoms with Crippen molar-refractivity contribution in [3.63, 3.8) is 0 Å². The van der Waals surface area contributed by atoms with E-state index in [0.717, 1.165) is 44.9 Å². The molecular formula is C22H40IN3O2. The van der Waals surface area contributed by atoms with Crippen LogP contribution in [0.2, 0.25) is 0 Å². The molecule has 0 fully saturated rings. The predicted octanol–water partition coefficient (Wildman–Crippen LogP) is 4.56. The van der Waals surface area contributed by atoms with E-state index in [0.29, 0.717) is 19.1 Å². The SMILES string of the molecule is CCNC(=NCCCCOCCOC)NC(C)c1ccc(CC(C)C)cc1.I. The number of halogens is 1. The van der Waals surface area contributed by atoms with E-state index in [2.05, 4.69) is 67.6 Å². The number of rotatable bonds is 13. The van der Waals surface area contributed by atoms with E-state index >= 15 is 0 Å². The van der Waals surface area contributed by atoms with E-state index in [9.17, 15) is 0 Å². The summed E-state index contributed by atoms with van der Waals surface area (Å²) in [5, 5.41) is 6.84. The highest BCUT2D eigenvalue weighted by atomic mass is 127. The third kappa shape index (κ3) is 12.6. The summed E-state index contributed by atoms with van der Waals surface area (Å²) in [6.45, 7) is 12.5. The highest BCUT2D eigenvalue weighted by molar-refractivity contribution is 14.0. The number of nitrogens with one attached hydrogen (secondary N) is 2. The first-order chi connectivity index (χ1) is 13.1. The number of benzene rings is 1. The van der Waals surface area contributed by atoms with Gasteiger partial charge in [0.05, 0.1) is 19.3 Å². The Labute approximate surface area is 189 Å². The number of guanidine groups is 1. The van der Waals surface area contributed by atoms with Crippen LogP contribution in [-0.4, -0.2) is 46.0 Å². The van der Waals surface area contributed by atoms with Crippen LogP contribution >= 0.6 is 24.0 Å². The van der Waals surface area contributed by atoms with E-state index in [-0.39, 0.29) is 30.0 Å². The molecule has 0 saturated carbocycles. The number of aliphatic imine (C=N–C) groups is 1. The minimum atomic E-state index is 0. The molecule has 0 radical (unpaired) electrons. The number of nitrogens with zero attached hydrogens (tertiary/aromatic N) is 1. The summed E-state index contributed by atoms with van der Waals surface area (Å²) in [5.74, 6) is 1.56. The normalized spacial score (nSPS) is 12.6. The first-order valence-corrected chi connectivity index (χ1v) is 10.3. The molecule has 0 bridgehead atoms. The number of hydrogen-bond acceptors (Lipinski definition) is 3. The van der Waals surface area contributed by atoms with Gasteiger partial charge in [0.15, 0.2) is 5.96 Å². The quantitative estimate of drug-likeness (QED) is 0.179. The topological polar surface area (TPSA) is 54.9 Å². The molecule has 0 heterocycles. The number of ether oxygens (including phenoxy) is 2. The van der Waals surface area contributed by atoms with E-state index in [1.54, 1.807) is 7.11 Å². The Morgan fingerprint density at radius 3 is 2.36 bits per heavy atom. The van der Waals surface area contributed by atoms with E-state index in [1.165, 1.54) is 11.1 Å². The second-order valence-electron chi connectivity index (χ2n) is 7.28. The molecule has 0 aliphatic carbocycles. The fraction of sp³-hybridized carbons (Fsp3) is 0.682. The zero-order valence-corrected chi connectivity index (χ0v) is 20.6. The first kappa shape index (κ1) is 27.1. The van der Waals surface area contributed by atoms with Gasteiger partial charge in [0.1, 0.15) is 0 Å². The first-order valence-electron chi connectivity index (χ1n) is 10.3. The third-order valence-corrected chi connectivity index (χ3v) is 4.22. The molecule has 28 heavy (non-hydrogen) atoms. The van der Waals surface area contributed by atoms with Gasteiger partial charge in [0, 0.05) is 26.8 Å². The highest BCUT2D eigenvalue weighted by Crippen LogP contribution is 2.15. The van der Waals surface area contributed by atoms with Gasteiger partial charge in [-0.3, -0.25) is 4.99 Å². The lowest BCUT2D eigenvalue weighted by Gasteiger charge is -2.18. The van der Waals surface area contributed by atoms with Gasteiger partial charge in [0.25, 0.3) is 0 Å². The molecule has 1 atom stereocenters. The molecule has 0 aliphatic heterocycles. The van der Waals surface area contributed by atoms with Crippen LogP contribution in [0.15, 0.2) is 29.3 Å². The van der Waals surface area contributed by atoms with Crippen LogP contribution in [0.1, 0.15) is 57.7 Å². The summed E-state index contributed by atoms with van der Waals surface area (Å²) in [6, 6.07) is 9.13. The lowest BCUT2D eigenvalue weighted by atomic mass is 10.00. The smallest absolute Gasteiger partial charge is 0.191 e. The Morgan fingerprint density at radius 2 is 1.75 bits per heavy atom. The minimum absolute atomic E-state index is 0. The van der Waals surface area contributed by atoms with Crippen LogP contribution in [0, 0.1) is 5.92 Å². The molecule has 1 aromatic carbocycles. The zero-order chi connectivity index (χ0) is 19.9. The van der Waals surface area contributed by atoms with Crippen molar-refractivity contribution in [2.75, 3.05) is 40.0 Å². The standard InChI is InChI=1S/C22H39N3O2.HI/c1-6-23-22(24-13-7-8-14-27-16-15-26-5)25-19(4)21-11-9-20(10-12-21)17-18(2)3;/h9-12,18-19H,6-8,13-17H2,1-5H3,(H2,23,24,25);1H. The van der Waals surface area contributed by atoms with Gasteiger partial charge in [0.2, 0.25) is 0 Å². The number of unbranched alkanes of at least 4 members (excludes halogenated alkanes) is 1. The fourth-order valence-corrected chi connectivity index (χ4v) is 2.77. The molecule has 1 aromatic rings. The number of methoxy groups -OCH3 is 1. The largest absolute Gasteiger partial charge is 0.382 e. The molecule has 0 amide bonds. The van der Waals surface area contributed by atoms with Crippen molar-refractivity contribution in [1.29, 1.82) is 0 Å². The van der Waals surface area contributed by atoms with Gasteiger partial charge in [-0.15, -0.1) is 24.0 Å². The Hall–Kier alpha value is -0.860. The molecule has 1 unspecified atom stereocenters. The van der Waals surface area contributed by atoms with Gasteiger partial charge < -0.3 is 20.1 Å². The van der Waals surface area contributed by atoms with Crippen molar-refractivity contribution < 1.29 is 9.47 Å². The van der Waals surface area contributed by atoms with Crippen LogP contribution < -0.4 is 10.6 Å². The highest BCUT2D eigenvalue weighted by Gasteiger charge is 2.08. The second-order valence-corrected chi connectivity index (χ2v) is 7.28. The maximum atomic E-state index is 5.48. The summed E-state index contributed by atoms with van der Waals surface area (Å²) >= 11 is 0. The maximum Gasteiger partial charge on any atom is 0.191 e. The second kappa shape index (κ2) is 17.0. The van der Waals surface area contributed by atoms with E-state index < -0.39 is 0 Å². The van der Waals surface area contributed by atoms with Gasteiger partial charge >= 0.3 is 0 Å². The van der Waals surface area contributed by atoms with Crippen molar-refractivity contribution in [3.05, 3.63) is 35.4 Å². The Morgan fingerprint density at radius 1 is 1.04 bits per heavy atom. The molecule has 1 rings (SSSR count). The number of hydrogen-bond donors (Lipinski definition) is 2. The van der Waals surface area contributed by atoms with Gasteiger partial charge in [-0.05, 0) is 50.2 Å². The molecule has 0 saturated heterocycles. The summed E-state index contributed by atoms with van der Waals surface area (Å²) in [6.07, 6.45) is 3.16. The van der Waals surface area contributed by atoms with E-state index in [1.807, 2.05) is 0 Å². The van der Waals surface area contributed by atoms with Crippen LogP contribution in [-0.2, 0) is 15.9 Å². The molecular weight excluding hydrogens is 465 g/mol.